The van der Waals surface area contributed by atoms with Crippen molar-refractivity contribution in [2.75, 3.05) is 13.1 Å². The van der Waals surface area contributed by atoms with E-state index in [0.29, 0.717) is 10.2 Å². The van der Waals surface area contributed by atoms with Crippen LogP contribution in [0.4, 0.5) is 0 Å². The molecule has 2 N–H and O–H groups in total. The summed E-state index contributed by atoms with van der Waals surface area (Å²) < 4.78 is 5.59. The highest BCUT2D eigenvalue weighted by molar-refractivity contribution is 9.10. The zero-order chi connectivity index (χ0) is 18.2. The molecule has 0 aliphatic heterocycles. The van der Waals surface area contributed by atoms with Crippen molar-refractivity contribution in [1.29, 1.82) is 0 Å². The van der Waals surface area contributed by atoms with E-state index < -0.39 is 0 Å². The minimum atomic E-state index is -0.352. The van der Waals surface area contributed by atoms with Crippen LogP contribution < -0.4 is 10.6 Å². The average Bonchev–Trinajstić information content (AvgIpc) is 3.03. The molecule has 2 amide bonds. The molecule has 0 saturated carbocycles. The van der Waals surface area contributed by atoms with Crippen LogP contribution in [0.15, 0.2) is 45.5 Å². The maximum Gasteiger partial charge on any atom is 0.287 e. The predicted molar refractivity (Wildman–Crippen MR) is 96.5 cm³/mol. The molecule has 132 valence electrons. The van der Waals surface area contributed by atoms with E-state index in [2.05, 4.69) is 26.6 Å². The number of hydrogen-bond acceptors (Lipinski definition) is 4. The first-order chi connectivity index (χ1) is 12.0. The van der Waals surface area contributed by atoms with E-state index in [9.17, 15) is 14.4 Å². The standard InChI is InChI=1S/C18H19BrN2O4/c1-12-2-4-13(5-3-12)14(22)6-9-17(23)20-10-11-21-18(24)15-7-8-16(19)25-15/h2-5,7-8H,6,9-11H2,1H3,(H,20,23)(H,21,24). The van der Waals surface area contributed by atoms with Crippen molar-refractivity contribution in [3.05, 3.63) is 58.0 Å². The predicted octanol–water partition coefficient (Wildman–Crippen LogP) is 2.86. The minimum Gasteiger partial charge on any atom is -0.444 e. The second-order valence-corrected chi connectivity index (χ2v) is 6.28. The topological polar surface area (TPSA) is 88.4 Å². The van der Waals surface area contributed by atoms with Crippen molar-refractivity contribution in [2.24, 2.45) is 0 Å². The van der Waals surface area contributed by atoms with Crippen LogP contribution in [-0.4, -0.2) is 30.7 Å². The van der Waals surface area contributed by atoms with Crippen LogP contribution in [0.2, 0.25) is 0 Å². The smallest absolute Gasteiger partial charge is 0.287 e. The highest BCUT2D eigenvalue weighted by atomic mass is 79.9. The van der Waals surface area contributed by atoms with Crippen molar-refractivity contribution in [1.82, 2.24) is 10.6 Å². The van der Waals surface area contributed by atoms with Crippen LogP contribution >= 0.6 is 15.9 Å². The Bertz CT molecular complexity index is 753. The number of amides is 2. The molecule has 7 heteroatoms. The summed E-state index contributed by atoms with van der Waals surface area (Å²) in [5.74, 6) is -0.446. The molecule has 1 aromatic carbocycles. The molecule has 0 spiro atoms. The lowest BCUT2D eigenvalue weighted by molar-refractivity contribution is -0.121. The molecule has 0 unspecified atom stereocenters. The van der Waals surface area contributed by atoms with E-state index in [4.69, 9.17) is 4.42 Å². The molecule has 1 heterocycles. The Morgan fingerprint density at radius 2 is 1.64 bits per heavy atom. The van der Waals surface area contributed by atoms with Gasteiger partial charge in [0.1, 0.15) is 0 Å². The minimum absolute atomic E-state index is 0.0631. The van der Waals surface area contributed by atoms with Gasteiger partial charge >= 0.3 is 0 Å². The first kappa shape index (κ1) is 18.9. The third kappa shape index (κ3) is 6.19. The molecule has 0 aliphatic carbocycles. The lowest BCUT2D eigenvalue weighted by Gasteiger charge is -2.06. The SMILES string of the molecule is Cc1ccc(C(=O)CCC(=O)NCCNC(=O)c2ccc(Br)o2)cc1. The number of nitrogens with one attached hydrogen (secondary N) is 2. The molecular formula is C18H19BrN2O4. The van der Waals surface area contributed by atoms with Gasteiger partial charge in [0.15, 0.2) is 16.2 Å². The molecular weight excluding hydrogens is 388 g/mol. The highest BCUT2D eigenvalue weighted by Gasteiger charge is 2.11. The van der Waals surface area contributed by atoms with Gasteiger partial charge in [-0.05, 0) is 35.0 Å². The van der Waals surface area contributed by atoms with Crippen molar-refractivity contribution >= 4 is 33.5 Å². The number of benzene rings is 1. The van der Waals surface area contributed by atoms with E-state index in [-0.39, 0.29) is 49.3 Å². The Balaban J connectivity index is 1.63. The third-order valence-electron chi connectivity index (χ3n) is 3.48. The van der Waals surface area contributed by atoms with E-state index in [1.54, 1.807) is 24.3 Å². The summed E-state index contributed by atoms with van der Waals surface area (Å²) >= 11 is 3.12. The summed E-state index contributed by atoms with van der Waals surface area (Å²) in [6, 6.07) is 10.4. The number of ketones is 1. The van der Waals surface area contributed by atoms with Gasteiger partial charge in [-0.2, -0.15) is 0 Å². The van der Waals surface area contributed by atoms with Crippen LogP contribution in [0.25, 0.3) is 0 Å². The maximum absolute atomic E-state index is 12.0. The lowest BCUT2D eigenvalue weighted by atomic mass is 10.1. The summed E-state index contributed by atoms with van der Waals surface area (Å²) in [6.07, 6.45) is 0.271. The first-order valence-corrected chi connectivity index (χ1v) is 8.65. The maximum atomic E-state index is 12.0. The van der Waals surface area contributed by atoms with Gasteiger partial charge in [0, 0.05) is 31.5 Å². The van der Waals surface area contributed by atoms with Gasteiger partial charge < -0.3 is 15.1 Å². The van der Waals surface area contributed by atoms with E-state index in [1.165, 1.54) is 0 Å². The van der Waals surface area contributed by atoms with Crippen molar-refractivity contribution in [3.8, 4) is 0 Å². The molecule has 2 rings (SSSR count). The number of Topliss-reactive ketones (excluding diaryl/α,β-unsaturated/α-hetero) is 1. The number of rotatable bonds is 8. The zero-order valence-electron chi connectivity index (χ0n) is 13.8. The zero-order valence-corrected chi connectivity index (χ0v) is 15.4. The quantitative estimate of drug-likeness (QED) is 0.520. The number of aryl methyl sites for hydroxylation is 1. The summed E-state index contributed by atoms with van der Waals surface area (Å²) in [7, 11) is 0. The van der Waals surface area contributed by atoms with Crippen molar-refractivity contribution in [3.63, 3.8) is 0 Å². The number of halogens is 1. The van der Waals surface area contributed by atoms with E-state index in [1.807, 2.05) is 19.1 Å². The molecule has 2 aromatic rings. The molecule has 0 atom stereocenters. The molecule has 0 bridgehead atoms. The summed E-state index contributed by atoms with van der Waals surface area (Å²) in [5, 5.41) is 5.29. The van der Waals surface area contributed by atoms with Crippen LogP contribution in [0.5, 0.6) is 0 Å². The first-order valence-electron chi connectivity index (χ1n) is 7.86. The lowest BCUT2D eigenvalue weighted by Crippen LogP contribution is -2.34. The summed E-state index contributed by atoms with van der Waals surface area (Å²) in [4.78, 5) is 35.5. The van der Waals surface area contributed by atoms with Crippen LogP contribution in [0.3, 0.4) is 0 Å². The van der Waals surface area contributed by atoms with Gasteiger partial charge in [0.25, 0.3) is 5.91 Å². The number of furan rings is 1. The fourth-order valence-corrected chi connectivity index (χ4v) is 2.41. The van der Waals surface area contributed by atoms with Crippen LogP contribution in [0, 0.1) is 6.92 Å². The van der Waals surface area contributed by atoms with Crippen LogP contribution in [-0.2, 0) is 4.79 Å². The average molecular weight is 407 g/mol. The van der Waals surface area contributed by atoms with Gasteiger partial charge in [0.05, 0.1) is 0 Å². The summed E-state index contributed by atoms with van der Waals surface area (Å²) in [6.45, 7) is 2.51. The van der Waals surface area contributed by atoms with Crippen molar-refractivity contribution < 1.29 is 18.8 Å². The fraction of sp³-hybridized carbons (Fsp3) is 0.278. The van der Waals surface area contributed by atoms with Crippen LogP contribution in [0.1, 0.15) is 39.3 Å². The van der Waals surface area contributed by atoms with Gasteiger partial charge in [-0.3, -0.25) is 14.4 Å². The normalized spacial score (nSPS) is 10.3. The monoisotopic (exact) mass is 406 g/mol. The number of hydrogen-bond donors (Lipinski definition) is 2. The Labute approximate surface area is 154 Å². The second-order valence-electron chi connectivity index (χ2n) is 5.50. The highest BCUT2D eigenvalue weighted by Crippen LogP contribution is 2.13. The molecule has 0 fully saturated rings. The number of carbonyl (C=O) groups excluding carboxylic acids is 3. The van der Waals surface area contributed by atoms with Gasteiger partial charge in [0.2, 0.25) is 5.91 Å². The Hall–Kier alpha value is -2.41. The second kappa shape index (κ2) is 9.17. The Kier molecular flexibility index (Phi) is 6.94. The van der Waals surface area contributed by atoms with Crippen molar-refractivity contribution in [2.45, 2.75) is 19.8 Å². The third-order valence-corrected chi connectivity index (χ3v) is 3.91. The number of carbonyl (C=O) groups is 3. The van der Waals surface area contributed by atoms with Gasteiger partial charge in [-0.15, -0.1) is 0 Å². The fourth-order valence-electron chi connectivity index (χ4n) is 2.10. The van der Waals surface area contributed by atoms with E-state index >= 15 is 0 Å². The van der Waals surface area contributed by atoms with E-state index in [0.717, 1.165) is 5.56 Å². The molecule has 0 radical (unpaired) electrons. The molecule has 6 nitrogen and oxygen atoms in total. The largest absolute Gasteiger partial charge is 0.444 e. The molecule has 25 heavy (non-hydrogen) atoms. The molecule has 1 aromatic heterocycles. The van der Waals surface area contributed by atoms with Gasteiger partial charge in [-0.1, -0.05) is 29.8 Å². The molecule has 0 aliphatic rings. The van der Waals surface area contributed by atoms with Gasteiger partial charge in [-0.25, -0.2) is 0 Å². The Morgan fingerprint density at radius 3 is 2.28 bits per heavy atom. The Morgan fingerprint density at radius 1 is 0.960 bits per heavy atom. The summed E-state index contributed by atoms with van der Waals surface area (Å²) in [5.41, 5.74) is 1.69. The molecule has 0 saturated heterocycles.